The van der Waals surface area contributed by atoms with Crippen LogP contribution in [0.25, 0.3) is 0 Å². The molecule has 0 aromatic carbocycles. The number of ether oxygens (including phenoxy) is 1. The van der Waals surface area contributed by atoms with Crippen molar-refractivity contribution < 1.29 is 9.53 Å². The first-order valence-electron chi connectivity index (χ1n) is 4.95. The molecule has 0 heterocycles. The number of carbonyl (C=O) groups is 1. The van der Waals surface area contributed by atoms with E-state index >= 15 is 0 Å². The van der Waals surface area contributed by atoms with Gasteiger partial charge in [-0.3, -0.25) is 4.79 Å². The Bertz CT molecular complexity index is 400. The fourth-order valence-corrected chi connectivity index (χ4v) is 0.873. The normalized spacial score (nSPS) is 10.2. The SMILES string of the molecule is C=C/C=C\C(=C)OC(=C)/C=C\C(=C)NC(C)=O. The van der Waals surface area contributed by atoms with Gasteiger partial charge in [-0.1, -0.05) is 38.5 Å². The highest BCUT2D eigenvalue weighted by Gasteiger charge is 1.94. The molecule has 1 N–H and O–H groups in total. The molecule has 0 aromatic heterocycles. The summed E-state index contributed by atoms with van der Waals surface area (Å²) >= 11 is 0. The van der Waals surface area contributed by atoms with Crippen LogP contribution in [-0.2, 0) is 9.53 Å². The van der Waals surface area contributed by atoms with Crippen molar-refractivity contribution in [1.29, 1.82) is 0 Å². The largest absolute Gasteiger partial charge is 0.459 e. The van der Waals surface area contributed by atoms with Gasteiger partial charge < -0.3 is 10.1 Å². The van der Waals surface area contributed by atoms with E-state index in [0.29, 0.717) is 17.2 Å². The fourth-order valence-electron chi connectivity index (χ4n) is 0.873. The number of carbonyl (C=O) groups excluding carboxylic acids is 1. The van der Waals surface area contributed by atoms with Crippen LogP contribution in [0.5, 0.6) is 0 Å². The average molecular weight is 231 g/mol. The van der Waals surface area contributed by atoms with Crippen LogP contribution in [-0.4, -0.2) is 5.91 Å². The van der Waals surface area contributed by atoms with Gasteiger partial charge in [-0.2, -0.15) is 0 Å². The minimum atomic E-state index is -0.176. The molecule has 0 aliphatic heterocycles. The third-order valence-corrected chi connectivity index (χ3v) is 1.49. The lowest BCUT2D eigenvalue weighted by molar-refractivity contribution is -0.118. The highest BCUT2D eigenvalue weighted by Crippen LogP contribution is 2.06. The van der Waals surface area contributed by atoms with Crippen molar-refractivity contribution in [2.24, 2.45) is 0 Å². The lowest BCUT2D eigenvalue weighted by Gasteiger charge is -2.04. The van der Waals surface area contributed by atoms with Crippen LogP contribution in [0, 0.1) is 0 Å². The second-order valence-corrected chi connectivity index (χ2v) is 3.17. The number of amides is 1. The van der Waals surface area contributed by atoms with Gasteiger partial charge in [-0.05, 0) is 18.2 Å². The Hall–Kier alpha value is -2.29. The molecule has 3 nitrogen and oxygen atoms in total. The summed E-state index contributed by atoms with van der Waals surface area (Å²) in [5, 5.41) is 2.52. The Balaban J connectivity index is 4.18. The van der Waals surface area contributed by atoms with Gasteiger partial charge in [0.25, 0.3) is 0 Å². The molecule has 0 radical (unpaired) electrons. The van der Waals surface area contributed by atoms with E-state index < -0.39 is 0 Å². The van der Waals surface area contributed by atoms with E-state index in [9.17, 15) is 4.79 Å². The highest BCUT2D eigenvalue weighted by molar-refractivity contribution is 5.75. The zero-order valence-electron chi connectivity index (χ0n) is 10.0. The van der Waals surface area contributed by atoms with Gasteiger partial charge in [0.15, 0.2) is 0 Å². The van der Waals surface area contributed by atoms with Crippen LogP contribution in [0.4, 0.5) is 0 Å². The molecule has 90 valence electrons. The third-order valence-electron chi connectivity index (χ3n) is 1.49. The van der Waals surface area contributed by atoms with E-state index in [4.69, 9.17) is 4.74 Å². The second kappa shape index (κ2) is 7.93. The first-order valence-corrected chi connectivity index (χ1v) is 4.95. The Morgan fingerprint density at radius 2 is 1.71 bits per heavy atom. The Morgan fingerprint density at radius 1 is 1.12 bits per heavy atom. The number of allylic oxidation sites excluding steroid dienone is 5. The maximum Gasteiger partial charge on any atom is 0.221 e. The molecule has 0 aliphatic rings. The van der Waals surface area contributed by atoms with Gasteiger partial charge in [-0.25, -0.2) is 0 Å². The molecule has 0 rings (SSSR count). The van der Waals surface area contributed by atoms with Gasteiger partial charge >= 0.3 is 0 Å². The predicted molar refractivity (Wildman–Crippen MR) is 70.8 cm³/mol. The van der Waals surface area contributed by atoms with E-state index in [0.717, 1.165) is 0 Å². The monoisotopic (exact) mass is 231 g/mol. The quantitative estimate of drug-likeness (QED) is 0.540. The van der Waals surface area contributed by atoms with E-state index in [-0.39, 0.29) is 5.91 Å². The van der Waals surface area contributed by atoms with Crippen molar-refractivity contribution >= 4 is 5.91 Å². The van der Waals surface area contributed by atoms with Crippen molar-refractivity contribution in [1.82, 2.24) is 5.32 Å². The first-order chi connectivity index (χ1) is 7.95. The Labute approximate surface area is 102 Å². The molecule has 0 unspecified atom stereocenters. The van der Waals surface area contributed by atoms with E-state index in [1.807, 2.05) is 0 Å². The van der Waals surface area contributed by atoms with Gasteiger partial charge in [0.05, 0.1) is 0 Å². The molecule has 0 spiro atoms. The predicted octanol–water partition coefficient (Wildman–Crippen LogP) is 2.98. The summed E-state index contributed by atoms with van der Waals surface area (Å²) in [5.41, 5.74) is 0.467. The molecular weight excluding hydrogens is 214 g/mol. The van der Waals surface area contributed by atoms with Crippen LogP contribution in [0.1, 0.15) is 6.92 Å². The van der Waals surface area contributed by atoms with Gasteiger partial charge in [0, 0.05) is 12.6 Å². The van der Waals surface area contributed by atoms with Crippen LogP contribution >= 0.6 is 0 Å². The fraction of sp³-hybridized carbons (Fsp3) is 0.0714. The van der Waals surface area contributed by atoms with E-state index in [1.165, 1.54) is 6.92 Å². The highest BCUT2D eigenvalue weighted by atomic mass is 16.5. The number of nitrogens with one attached hydrogen (secondary N) is 1. The second-order valence-electron chi connectivity index (χ2n) is 3.17. The van der Waals surface area contributed by atoms with Crippen LogP contribution in [0.3, 0.4) is 0 Å². The third kappa shape index (κ3) is 8.69. The molecule has 17 heavy (non-hydrogen) atoms. The summed E-state index contributed by atoms with van der Waals surface area (Å²) in [4.78, 5) is 10.7. The molecule has 0 aromatic rings. The van der Waals surface area contributed by atoms with Crippen LogP contribution in [0.15, 0.2) is 73.9 Å². The number of hydrogen-bond acceptors (Lipinski definition) is 2. The maximum atomic E-state index is 10.7. The molecular formula is C14H17NO2. The molecule has 1 amide bonds. The van der Waals surface area contributed by atoms with Crippen molar-refractivity contribution in [3.63, 3.8) is 0 Å². The molecule has 0 saturated carbocycles. The number of rotatable bonds is 7. The average Bonchev–Trinajstić information content (AvgIpc) is 2.22. The maximum absolute atomic E-state index is 10.7. The smallest absolute Gasteiger partial charge is 0.221 e. The van der Waals surface area contributed by atoms with Gasteiger partial charge in [0.2, 0.25) is 5.91 Å². The van der Waals surface area contributed by atoms with Crippen molar-refractivity contribution in [3.8, 4) is 0 Å². The summed E-state index contributed by atoms with van der Waals surface area (Å²) in [7, 11) is 0. The molecule has 3 heteroatoms. The molecule has 0 atom stereocenters. The van der Waals surface area contributed by atoms with Crippen molar-refractivity contribution in [2.45, 2.75) is 6.92 Å². The summed E-state index contributed by atoms with van der Waals surface area (Å²) < 4.78 is 5.24. The molecule has 0 saturated heterocycles. The van der Waals surface area contributed by atoms with Crippen LogP contribution < -0.4 is 5.32 Å². The zero-order chi connectivity index (χ0) is 13.3. The minimum absolute atomic E-state index is 0.176. The minimum Gasteiger partial charge on any atom is -0.459 e. The standard InChI is InChI=1S/C14H17NO2/c1-6-7-8-12(3)17-13(4)10-9-11(2)15-14(5)16/h6-10H,1-4H2,5H3,(H,15,16)/b8-7-,10-9-. The summed E-state index contributed by atoms with van der Waals surface area (Å²) in [5.74, 6) is 0.671. The van der Waals surface area contributed by atoms with Crippen molar-refractivity contribution in [3.05, 3.63) is 73.9 Å². The Morgan fingerprint density at radius 3 is 2.24 bits per heavy atom. The van der Waals surface area contributed by atoms with Gasteiger partial charge in [-0.15, -0.1) is 0 Å². The van der Waals surface area contributed by atoms with Crippen molar-refractivity contribution in [2.75, 3.05) is 0 Å². The zero-order valence-corrected chi connectivity index (χ0v) is 10.0. The number of hydrogen-bond donors (Lipinski definition) is 1. The molecule has 0 bridgehead atoms. The molecule has 0 aliphatic carbocycles. The lowest BCUT2D eigenvalue weighted by atomic mass is 10.3. The van der Waals surface area contributed by atoms with E-state index in [1.54, 1.807) is 30.4 Å². The summed E-state index contributed by atoms with van der Waals surface area (Å²) in [6.45, 7) is 15.9. The topological polar surface area (TPSA) is 38.3 Å². The first kappa shape index (κ1) is 14.7. The van der Waals surface area contributed by atoms with E-state index in [2.05, 4.69) is 31.6 Å². The molecule has 0 fully saturated rings. The summed E-state index contributed by atoms with van der Waals surface area (Å²) in [6, 6.07) is 0. The Kier molecular flexibility index (Phi) is 6.86. The van der Waals surface area contributed by atoms with Gasteiger partial charge in [0.1, 0.15) is 11.5 Å². The van der Waals surface area contributed by atoms with Crippen LogP contribution in [0.2, 0.25) is 0 Å². The lowest BCUT2D eigenvalue weighted by Crippen LogP contribution is -2.16. The summed E-state index contributed by atoms with van der Waals surface area (Å²) in [6.07, 6.45) is 8.16.